The second-order valence-electron chi connectivity index (χ2n) is 6.26. The first-order valence-corrected chi connectivity index (χ1v) is 9.30. The van der Waals surface area contributed by atoms with Crippen LogP contribution < -0.4 is 10.1 Å². The summed E-state index contributed by atoms with van der Waals surface area (Å²) in [5.41, 5.74) is 1.65. The van der Waals surface area contributed by atoms with Crippen LogP contribution in [-0.4, -0.2) is 56.6 Å². The van der Waals surface area contributed by atoms with Gasteiger partial charge >= 0.3 is 5.97 Å². The number of hydrogen-bond acceptors (Lipinski definition) is 6. The maximum absolute atomic E-state index is 12.8. The van der Waals surface area contributed by atoms with Gasteiger partial charge in [0.25, 0.3) is 11.7 Å². The molecule has 0 saturated carbocycles. The minimum atomic E-state index is -0.758. The first-order chi connectivity index (χ1) is 13.9. The lowest BCUT2D eigenvalue weighted by molar-refractivity contribution is -0.117. The van der Waals surface area contributed by atoms with Crippen molar-refractivity contribution in [2.75, 3.05) is 34.0 Å². The Kier molecular flexibility index (Phi) is 7.97. The summed E-state index contributed by atoms with van der Waals surface area (Å²) in [5.74, 6) is -1.45. The number of methoxy groups -OCH3 is 2. The third-order valence-corrected chi connectivity index (χ3v) is 4.29. The van der Waals surface area contributed by atoms with Gasteiger partial charge in [0, 0.05) is 31.5 Å². The lowest BCUT2D eigenvalue weighted by atomic mass is 9.98. The normalized spacial score (nSPS) is 10.5. The summed E-state index contributed by atoms with van der Waals surface area (Å²) in [4.78, 5) is 40.6. The molecule has 29 heavy (non-hydrogen) atoms. The van der Waals surface area contributed by atoms with E-state index >= 15 is 0 Å². The monoisotopic (exact) mass is 402 g/mol. The number of esters is 1. The second kappa shape index (κ2) is 10.4. The molecule has 0 aliphatic heterocycles. The molecule has 2 aromatic rings. The van der Waals surface area contributed by atoms with E-state index in [0.717, 1.165) is 0 Å². The highest BCUT2D eigenvalue weighted by molar-refractivity contribution is 6.43. The van der Waals surface area contributed by atoms with Crippen LogP contribution in [0.25, 0.3) is 11.1 Å². The average Bonchev–Trinajstić information content (AvgIpc) is 3.07. The number of rotatable bonds is 10. The van der Waals surface area contributed by atoms with Gasteiger partial charge < -0.3 is 24.5 Å². The zero-order valence-corrected chi connectivity index (χ0v) is 17.1. The number of aryl methyl sites for hydroxylation is 1. The van der Waals surface area contributed by atoms with Gasteiger partial charge in [0.15, 0.2) is 0 Å². The molecular formula is C21H26N2O6. The number of ether oxygens (including phenoxy) is 3. The number of hydrogen-bond donors (Lipinski definition) is 2. The van der Waals surface area contributed by atoms with Gasteiger partial charge in [-0.2, -0.15) is 0 Å². The van der Waals surface area contributed by atoms with Crippen LogP contribution in [-0.2, 0) is 14.3 Å². The molecule has 0 unspecified atom stereocenters. The Morgan fingerprint density at radius 3 is 2.38 bits per heavy atom. The summed E-state index contributed by atoms with van der Waals surface area (Å²) in [6.45, 7) is 4.33. The molecule has 0 spiro atoms. The van der Waals surface area contributed by atoms with Crippen molar-refractivity contribution in [1.82, 2.24) is 10.3 Å². The van der Waals surface area contributed by atoms with Crippen LogP contribution in [0.5, 0.6) is 5.75 Å². The van der Waals surface area contributed by atoms with Gasteiger partial charge in [0.05, 0.1) is 19.3 Å². The first-order valence-electron chi connectivity index (χ1n) is 9.30. The lowest BCUT2D eigenvalue weighted by Gasteiger charge is -2.09. The highest BCUT2D eigenvalue weighted by Crippen LogP contribution is 2.32. The van der Waals surface area contributed by atoms with Crippen LogP contribution in [0.1, 0.15) is 39.9 Å². The van der Waals surface area contributed by atoms with E-state index in [2.05, 4.69) is 10.3 Å². The Labute approximate surface area is 169 Å². The van der Waals surface area contributed by atoms with E-state index < -0.39 is 17.7 Å². The molecule has 1 aromatic heterocycles. The van der Waals surface area contributed by atoms with Gasteiger partial charge in [-0.25, -0.2) is 4.79 Å². The summed E-state index contributed by atoms with van der Waals surface area (Å²) in [6, 6.07) is 6.87. The highest BCUT2D eigenvalue weighted by Gasteiger charge is 2.29. The molecule has 2 N–H and O–H groups in total. The molecule has 0 aliphatic rings. The smallest absolute Gasteiger partial charge is 0.340 e. The largest absolute Gasteiger partial charge is 0.497 e. The molecule has 1 aromatic carbocycles. The van der Waals surface area contributed by atoms with E-state index in [1.807, 2.05) is 0 Å². The number of benzene rings is 1. The quantitative estimate of drug-likeness (QED) is 0.274. The maximum Gasteiger partial charge on any atom is 0.340 e. The SMILES string of the molecule is CCOC(=O)c1c(C)[nH]c(C(=O)C(=O)NCCCOC)c1-c1ccc(OC)cc1. The molecule has 156 valence electrons. The summed E-state index contributed by atoms with van der Waals surface area (Å²) in [6.07, 6.45) is 0.582. The van der Waals surface area contributed by atoms with Gasteiger partial charge in [-0.15, -0.1) is 0 Å². The third-order valence-electron chi connectivity index (χ3n) is 4.29. The number of nitrogens with one attached hydrogen (secondary N) is 2. The van der Waals surface area contributed by atoms with Crippen molar-refractivity contribution in [1.29, 1.82) is 0 Å². The van der Waals surface area contributed by atoms with Crippen LogP contribution in [0.2, 0.25) is 0 Å². The molecule has 0 bridgehead atoms. The fraction of sp³-hybridized carbons (Fsp3) is 0.381. The maximum atomic E-state index is 12.8. The Morgan fingerprint density at radius 2 is 1.79 bits per heavy atom. The van der Waals surface area contributed by atoms with Gasteiger partial charge in [0.2, 0.25) is 0 Å². The molecule has 0 aliphatic carbocycles. The number of amides is 1. The molecule has 1 heterocycles. The summed E-state index contributed by atoms with van der Waals surface area (Å²) in [5, 5.41) is 2.57. The first kappa shape index (κ1) is 22.2. The zero-order chi connectivity index (χ0) is 21.4. The van der Waals surface area contributed by atoms with Crippen LogP contribution in [0.4, 0.5) is 0 Å². The summed E-state index contributed by atoms with van der Waals surface area (Å²) < 4.78 is 15.2. The van der Waals surface area contributed by atoms with Crippen molar-refractivity contribution in [3.8, 4) is 16.9 Å². The van der Waals surface area contributed by atoms with Crippen molar-refractivity contribution in [3.05, 3.63) is 41.2 Å². The van der Waals surface area contributed by atoms with Gasteiger partial charge in [-0.1, -0.05) is 12.1 Å². The average molecular weight is 402 g/mol. The number of carbonyl (C=O) groups is 3. The van der Waals surface area contributed by atoms with Crippen LogP contribution in [0.15, 0.2) is 24.3 Å². The second-order valence-corrected chi connectivity index (χ2v) is 6.26. The van der Waals surface area contributed by atoms with Crippen molar-refractivity contribution >= 4 is 17.7 Å². The number of Topliss-reactive ketones (excluding diaryl/α,β-unsaturated/α-hetero) is 1. The Morgan fingerprint density at radius 1 is 1.10 bits per heavy atom. The molecule has 0 saturated heterocycles. The van der Waals surface area contributed by atoms with Crippen LogP contribution in [0, 0.1) is 6.92 Å². The standard InChI is InChI=1S/C21H26N2O6/c1-5-29-21(26)16-13(2)23-18(19(24)20(25)22-11-6-12-27-3)17(16)14-7-9-15(28-4)10-8-14/h7-10,23H,5-6,11-12H2,1-4H3,(H,22,25). The minimum absolute atomic E-state index is 0.0416. The Hall–Kier alpha value is -3.13. The lowest BCUT2D eigenvalue weighted by Crippen LogP contribution is -2.32. The van der Waals surface area contributed by atoms with E-state index in [9.17, 15) is 14.4 Å². The predicted molar refractivity (Wildman–Crippen MR) is 107 cm³/mol. The fourth-order valence-corrected chi connectivity index (χ4v) is 2.91. The third kappa shape index (κ3) is 5.23. The van der Waals surface area contributed by atoms with Gasteiger partial charge in [-0.3, -0.25) is 9.59 Å². The van der Waals surface area contributed by atoms with E-state index in [-0.39, 0.29) is 17.9 Å². The van der Waals surface area contributed by atoms with E-state index in [4.69, 9.17) is 14.2 Å². The zero-order valence-electron chi connectivity index (χ0n) is 17.1. The minimum Gasteiger partial charge on any atom is -0.497 e. The van der Waals surface area contributed by atoms with Crippen LogP contribution >= 0.6 is 0 Å². The Balaban J connectivity index is 2.45. The number of aromatic nitrogens is 1. The van der Waals surface area contributed by atoms with E-state index in [0.29, 0.717) is 42.1 Å². The summed E-state index contributed by atoms with van der Waals surface area (Å²) >= 11 is 0. The molecular weight excluding hydrogens is 376 g/mol. The Bertz CT molecular complexity index is 870. The number of carbonyl (C=O) groups excluding carboxylic acids is 3. The molecule has 8 nitrogen and oxygen atoms in total. The van der Waals surface area contributed by atoms with Crippen molar-refractivity contribution < 1.29 is 28.6 Å². The molecule has 0 atom stereocenters. The number of H-pyrrole nitrogens is 1. The molecule has 0 fully saturated rings. The predicted octanol–water partition coefficient (Wildman–Crippen LogP) is 2.51. The van der Waals surface area contributed by atoms with Crippen molar-refractivity contribution in [2.24, 2.45) is 0 Å². The summed E-state index contributed by atoms with van der Waals surface area (Å²) in [7, 11) is 3.11. The van der Waals surface area contributed by atoms with Gasteiger partial charge in [-0.05, 0) is 38.0 Å². The van der Waals surface area contributed by atoms with Crippen molar-refractivity contribution in [2.45, 2.75) is 20.3 Å². The van der Waals surface area contributed by atoms with E-state index in [1.165, 1.54) is 0 Å². The topological polar surface area (TPSA) is 107 Å². The molecule has 1 amide bonds. The van der Waals surface area contributed by atoms with Crippen molar-refractivity contribution in [3.63, 3.8) is 0 Å². The molecule has 8 heteroatoms. The van der Waals surface area contributed by atoms with Gasteiger partial charge in [0.1, 0.15) is 11.4 Å². The van der Waals surface area contributed by atoms with Crippen LogP contribution in [0.3, 0.4) is 0 Å². The molecule has 2 rings (SSSR count). The fourth-order valence-electron chi connectivity index (χ4n) is 2.91. The number of aromatic amines is 1. The van der Waals surface area contributed by atoms with E-state index in [1.54, 1.807) is 52.3 Å². The number of ketones is 1. The highest BCUT2D eigenvalue weighted by atomic mass is 16.5. The molecule has 0 radical (unpaired) electrons.